The van der Waals surface area contributed by atoms with Crippen LogP contribution in [0.5, 0.6) is 0 Å². The first-order valence-corrected chi connectivity index (χ1v) is 9.31. The van der Waals surface area contributed by atoms with Crippen molar-refractivity contribution in [3.63, 3.8) is 0 Å². The highest BCUT2D eigenvalue weighted by molar-refractivity contribution is 7.17. The number of hydrogen-bond donors (Lipinski definition) is 0. The Morgan fingerprint density at radius 2 is 1.92 bits per heavy atom. The van der Waals surface area contributed by atoms with Crippen molar-refractivity contribution in [1.82, 2.24) is 19.9 Å². The Morgan fingerprint density at radius 3 is 2.67 bits per heavy atom. The fourth-order valence-electron chi connectivity index (χ4n) is 3.11. The minimum Gasteiger partial charge on any atom is -0.353 e. The summed E-state index contributed by atoms with van der Waals surface area (Å²) >= 11 is 1.72. The molecule has 1 aliphatic rings. The highest BCUT2D eigenvalue weighted by Crippen LogP contribution is 2.28. The van der Waals surface area contributed by atoms with Crippen LogP contribution in [0.25, 0.3) is 10.2 Å². The number of thiophene rings is 1. The predicted molar refractivity (Wildman–Crippen MR) is 98.5 cm³/mol. The number of hydrogen-bond acceptors (Lipinski definition) is 6. The summed E-state index contributed by atoms with van der Waals surface area (Å²) in [5.74, 6) is 1.08. The summed E-state index contributed by atoms with van der Waals surface area (Å²) < 4.78 is 1.20. The number of anilines is 1. The van der Waals surface area contributed by atoms with Gasteiger partial charge >= 0.3 is 0 Å². The summed E-state index contributed by atoms with van der Waals surface area (Å²) in [6.07, 6.45) is 4.72. The van der Waals surface area contributed by atoms with E-state index in [1.165, 1.54) is 10.3 Å². The molecule has 24 heavy (non-hydrogen) atoms. The van der Waals surface area contributed by atoms with Crippen molar-refractivity contribution in [2.45, 2.75) is 19.9 Å². The van der Waals surface area contributed by atoms with Crippen LogP contribution in [0.1, 0.15) is 18.2 Å². The zero-order chi connectivity index (χ0) is 16.4. The van der Waals surface area contributed by atoms with Crippen LogP contribution in [-0.4, -0.2) is 46.0 Å². The normalized spacial score (nSPS) is 16.0. The first-order valence-electron chi connectivity index (χ1n) is 8.43. The fraction of sp³-hybridized carbons (Fsp3) is 0.389. The minimum atomic E-state index is 0.927. The van der Waals surface area contributed by atoms with Crippen LogP contribution in [0.3, 0.4) is 0 Å². The van der Waals surface area contributed by atoms with Crippen LogP contribution < -0.4 is 4.90 Å². The number of nitrogens with zero attached hydrogens (tertiary/aromatic N) is 5. The molecule has 0 atom stereocenters. The second kappa shape index (κ2) is 6.83. The quantitative estimate of drug-likeness (QED) is 0.731. The molecule has 0 radical (unpaired) electrons. The van der Waals surface area contributed by atoms with Gasteiger partial charge in [0.05, 0.1) is 15.9 Å². The number of fused-ring (bicyclic) bond motifs is 1. The third-order valence-corrected chi connectivity index (χ3v) is 5.48. The number of aromatic nitrogens is 3. The lowest BCUT2D eigenvalue weighted by Crippen LogP contribution is -2.46. The average Bonchev–Trinajstić information content (AvgIpc) is 3.12. The van der Waals surface area contributed by atoms with Crippen molar-refractivity contribution in [2.24, 2.45) is 0 Å². The average molecular weight is 339 g/mol. The van der Waals surface area contributed by atoms with Gasteiger partial charge in [-0.3, -0.25) is 9.88 Å². The van der Waals surface area contributed by atoms with Gasteiger partial charge in [-0.05, 0) is 29.5 Å². The number of piperazine rings is 1. The van der Waals surface area contributed by atoms with Crippen LogP contribution in [0.15, 0.2) is 36.1 Å². The maximum Gasteiger partial charge on any atom is 0.150 e. The van der Waals surface area contributed by atoms with E-state index in [2.05, 4.69) is 55.3 Å². The Bertz CT molecular complexity index is 806. The summed E-state index contributed by atoms with van der Waals surface area (Å²) in [6.45, 7) is 7.15. The van der Waals surface area contributed by atoms with E-state index in [-0.39, 0.29) is 0 Å². The standard InChI is InChI=1S/C18H21N5S/c1-2-14-3-4-15(19-11-14)12-22-6-8-23(9-7-22)18-17-16(5-10-24-17)20-13-21-18/h3-5,10-11,13H,2,6-9,12H2,1H3. The van der Waals surface area contributed by atoms with E-state index in [0.29, 0.717) is 0 Å². The first kappa shape index (κ1) is 15.5. The lowest BCUT2D eigenvalue weighted by Gasteiger charge is -2.35. The van der Waals surface area contributed by atoms with Crippen LogP contribution in [0, 0.1) is 0 Å². The molecule has 0 N–H and O–H groups in total. The molecule has 0 saturated carbocycles. The van der Waals surface area contributed by atoms with Gasteiger partial charge < -0.3 is 4.90 Å². The molecule has 124 valence electrons. The molecular formula is C18H21N5S. The molecular weight excluding hydrogens is 318 g/mol. The molecule has 0 aromatic carbocycles. The van der Waals surface area contributed by atoms with E-state index in [1.54, 1.807) is 17.7 Å². The third kappa shape index (κ3) is 3.12. The smallest absolute Gasteiger partial charge is 0.150 e. The zero-order valence-corrected chi connectivity index (χ0v) is 14.7. The van der Waals surface area contributed by atoms with Crippen molar-refractivity contribution in [1.29, 1.82) is 0 Å². The Labute approximate surface area is 146 Å². The van der Waals surface area contributed by atoms with E-state index in [1.807, 2.05) is 6.20 Å². The number of aryl methyl sites for hydroxylation is 1. The van der Waals surface area contributed by atoms with Crippen LogP contribution in [-0.2, 0) is 13.0 Å². The molecule has 4 heterocycles. The second-order valence-corrected chi connectivity index (χ2v) is 7.02. The van der Waals surface area contributed by atoms with Gasteiger partial charge in [0.2, 0.25) is 0 Å². The summed E-state index contributed by atoms with van der Waals surface area (Å²) in [5.41, 5.74) is 3.50. The third-order valence-electron chi connectivity index (χ3n) is 4.58. The van der Waals surface area contributed by atoms with Crippen LogP contribution in [0.2, 0.25) is 0 Å². The van der Waals surface area contributed by atoms with Crippen molar-refractivity contribution in [2.75, 3.05) is 31.1 Å². The van der Waals surface area contributed by atoms with E-state index in [9.17, 15) is 0 Å². The van der Waals surface area contributed by atoms with Gasteiger partial charge in [-0.25, -0.2) is 9.97 Å². The topological polar surface area (TPSA) is 45.2 Å². The van der Waals surface area contributed by atoms with Gasteiger partial charge in [-0.2, -0.15) is 0 Å². The van der Waals surface area contributed by atoms with E-state index in [4.69, 9.17) is 0 Å². The molecule has 3 aromatic rings. The lowest BCUT2D eigenvalue weighted by molar-refractivity contribution is 0.247. The molecule has 0 unspecified atom stereocenters. The maximum absolute atomic E-state index is 4.58. The Balaban J connectivity index is 1.40. The van der Waals surface area contributed by atoms with Gasteiger partial charge in [-0.15, -0.1) is 11.3 Å². The summed E-state index contributed by atoms with van der Waals surface area (Å²) in [5, 5.41) is 2.09. The van der Waals surface area contributed by atoms with Gasteiger partial charge in [0, 0.05) is 38.9 Å². The summed E-state index contributed by atoms with van der Waals surface area (Å²) in [7, 11) is 0. The first-order chi connectivity index (χ1) is 11.8. The van der Waals surface area contributed by atoms with Crippen molar-refractivity contribution in [3.05, 3.63) is 47.4 Å². The SMILES string of the molecule is CCc1ccc(CN2CCN(c3ncnc4ccsc34)CC2)nc1. The molecule has 0 spiro atoms. The molecule has 4 rings (SSSR count). The molecule has 1 aliphatic heterocycles. The minimum absolute atomic E-state index is 0.927. The van der Waals surface area contributed by atoms with Gasteiger partial charge in [-0.1, -0.05) is 13.0 Å². The van der Waals surface area contributed by atoms with Gasteiger partial charge in [0.1, 0.15) is 12.1 Å². The van der Waals surface area contributed by atoms with Crippen molar-refractivity contribution >= 4 is 27.4 Å². The van der Waals surface area contributed by atoms with Crippen molar-refractivity contribution < 1.29 is 0 Å². The van der Waals surface area contributed by atoms with Gasteiger partial charge in [0.25, 0.3) is 0 Å². The van der Waals surface area contributed by atoms with E-state index >= 15 is 0 Å². The fourth-order valence-corrected chi connectivity index (χ4v) is 3.97. The van der Waals surface area contributed by atoms with Gasteiger partial charge in [0.15, 0.2) is 0 Å². The van der Waals surface area contributed by atoms with E-state index < -0.39 is 0 Å². The number of rotatable bonds is 4. The second-order valence-electron chi connectivity index (χ2n) is 6.11. The molecule has 0 bridgehead atoms. The molecule has 3 aromatic heterocycles. The Hall–Kier alpha value is -2.05. The monoisotopic (exact) mass is 339 g/mol. The van der Waals surface area contributed by atoms with Crippen LogP contribution >= 0.6 is 11.3 Å². The predicted octanol–water partition coefficient (Wildman–Crippen LogP) is 2.97. The van der Waals surface area contributed by atoms with E-state index in [0.717, 1.165) is 56.2 Å². The highest BCUT2D eigenvalue weighted by atomic mass is 32.1. The largest absolute Gasteiger partial charge is 0.353 e. The highest BCUT2D eigenvalue weighted by Gasteiger charge is 2.20. The maximum atomic E-state index is 4.58. The molecule has 0 aliphatic carbocycles. The summed E-state index contributed by atoms with van der Waals surface area (Å²) in [6, 6.07) is 6.41. The number of pyridine rings is 1. The molecule has 1 saturated heterocycles. The Kier molecular flexibility index (Phi) is 4.40. The summed E-state index contributed by atoms with van der Waals surface area (Å²) in [4.78, 5) is 18.3. The molecule has 1 fully saturated rings. The molecule has 6 heteroatoms. The Morgan fingerprint density at radius 1 is 1.04 bits per heavy atom. The van der Waals surface area contributed by atoms with Crippen molar-refractivity contribution in [3.8, 4) is 0 Å². The zero-order valence-electron chi connectivity index (χ0n) is 13.9. The molecule has 0 amide bonds. The lowest BCUT2D eigenvalue weighted by atomic mass is 10.2. The van der Waals surface area contributed by atoms with Crippen LogP contribution in [0.4, 0.5) is 5.82 Å². The molecule has 5 nitrogen and oxygen atoms in total.